The molecule has 3 N–H and O–H groups in total. The molecule has 0 aromatic rings. The Morgan fingerprint density at radius 2 is 1.38 bits per heavy atom. The van der Waals surface area contributed by atoms with E-state index < -0.39 is 44.4 Å². The van der Waals surface area contributed by atoms with Crippen LogP contribution in [0.5, 0.6) is 0 Å². The van der Waals surface area contributed by atoms with E-state index in [1.165, 1.54) is 18.1 Å². The molecule has 26 heavy (non-hydrogen) atoms. The summed E-state index contributed by atoms with van der Waals surface area (Å²) in [7, 11) is -1.37. The fraction of sp³-hybridized carbons (Fsp3) is 0.833. The Kier molecular flexibility index (Phi) is 11.4. The van der Waals surface area contributed by atoms with E-state index in [1.54, 1.807) is 0 Å². The summed E-state index contributed by atoms with van der Waals surface area (Å²) < 4.78 is 5.07. The molecule has 0 saturated carbocycles. The van der Waals surface area contributed by atoms with Crippen molar-refractivity contribution >= 4 is 26.0 Å². The molecule has 0 rings (SSSR count). The van der Waals surface area contributed by atoms with Crippen molar-refractivity contribution in [3.05, 3.63) is 0 Å². The maximum atomic E-state index is 11.8. The molecule has 0 aliphatic carbocycles. The highest BCUT2D eigenvalue weighted by Gasteiger charge is 2.41. The molecule has 0 fully saturated rings. The molecule has 8 heteroatoms. The average Bonchev–Trinajstić information content (AvgIpc) is 2.51. The molecule has 0 aliphatic heterocycles. The Bertz CT molecular complexity index is 449. The highest BCUT2D eigenvalue weighted by Crippen LogP contribution is 2.31. The SMILES string of the molecule is CCC[Si](CCC)(CCC)CCCOC(=O)CC(O)(CC(=O)O)C(=O)O. The zero-order chi connectivity index (χ0) is 20.2. The molecule has 7 nitrogen and oxygen atoms in total. The van der Waals surface area contributed by atoms with E-state index in [-0.39, 0.29) is 6.61 Å². The van der Waals surface area contributed by atoms with Gasteiger partial charge >= 0.3 is 17.9 Å². The van der Waals surface area contributed by atoms with Gasteiger partial charge in [-0.25, -0.2) is 4.79 Å². The van der Waals surface area contributed by atoms with Crippen molar-refractivity contribution < 1.29 is 34.4 Å². The van der Waals surface area contributed by atoms with Crippen LogP contribution in [0.15, 0.2) is 0 Å². The van der Waals surface area contributed by atoms with Crippen molar-refractivity contribution in [1.82, 2.24) is 0 Å². The molecule has 0 amide bonds. The van der Waals surface area contributed by atoms with Gasteiger partial charge < -0.3 is 20.1 Å². The minimum absolute atomic E-state index is 0.174. The van der Waals surface area contributed by atoms with Crippen LogP contribution in [-0.4, -0.2) is 53.5 Å². The lowest BCUT2D eigenvalue weighted by atomic mass is 9.96. The van der Waals surface area contributed by atoms with Gasteiger partial charge in [0.1, 0.15) is 0 Å². The predicted molar refractivity (Wildman–Crippen MR) is 101 cm³/mol. The maximum absolute atomic E-state index is 11.8. The fourth-order valence-corrected chi connectivity index (χ4v) is 9.30. The Morgan fingerprint density at radius 3 is 1.77 bits per heavy atom. The first-order chi connectivity index (χ1) is 12.1. The molecule has 0 radical (unpaired) electrons. The van der Waals surface area contributed by atoms with Gasteiger partial charge in [0.2, 0.25) is 0 Å². The highest BCUT2D eigenvalue weighted by atomic mass is 28.3. The molecule has 0 spiro atoms. The van der Waals surface area contributed by atoms with Crippen LogP contribution < -0.4 is 0 Å². The first-order valence-corrected chi connectivity index (χ1v) is 12.3. The maximum Gasteiger partial charge on any atom is 0.336 e. The number of carboxylic acids is 2. The zero-order valence-corrected chi connectivity index (χ0v) is 17.3. The van der Waals surface area contributed by atoms with Gasteiger partial charge in [0, 0.05) is 0 Å². The number of aliphatic carboxylic acids is 2. The minimum atomic E-state index is -2.63. The van der Waals surface area contributed by atoms with E-state index in [1.807, 2.05) is 0 Å². The number of carbonyl (C=O) groups excluding carboxylic acids is 1. The van der Waals surface area contributed by atoms with Gasteiger partial charge in [-0.2, -0.15) is 0 Å². The van der Waals surface area contributed by atoms with Crippen molar-refractivity contribution in [2.24, 2.45) is 0 Å². The lowest BCUT2D eigenvalue weighted by molar-refractivity contribution is -0.171. The van der Waals surface area contributed by atoms with Crippen molar-refractivity contribution in [2.75, 3.05) is 6.61 Å². The summed E-state index contributed by atoms with van der Waals surface area (Å²) in [5, 5.41) is 27.5. The van der Waals surface area contributed by atoms with Gasteiger partial charge in [-0.15, -0.1) is 0 Å². The fourth-order valence-electron chi connectivity index (χ4n) is 3.73. The van der Waals surface area contributed by atoms with Crippen molar-refractivity contribution in [3.63, 3.8) is 0 Å². The Hall–Kier alpha value is -1.41. The smallest absolute Gasteiger partial charge is 0.336 e. The van der Waals surface area contributed by atoms with Gasteiger partial charge in [0.15, 0.2) is 5.60 Å². The summed E-state index contributed by atoms with van der Waals surface area (Å²) in [6, 6.07) is 4.86. The molecular weight excluding hydrogens is 356 g/mol. The normalized spacial score (nSPS) is 13.8. The Balaban J connectivity index is 4.57. The summed E-state index contributed by atoms with van der Waals surface area (Å²) >= 11 is 0. The zero-order valence-electron chi connectivity index (χ0n) is 16.3. The topological polar surface area (TPSA) is 121 Å². The first kappa shape index (κ1) is 24.6. The number of esters is 1. The van der Waals surface area contributed by atoms with Crippen LogP contribution in [0.2, 0.25) is 24.2 Å². The summed E-state index contributed by atoms with van der Waals surface area (Å²) in [4.78, 5) is 33.6. The summed E-state index contributed by atoms with van der Waals surface area (Å²) in [6.45, 7) is 6.76. The van der Waals surface area contributed by atoms with Crippen molar-refractivity contribution in [2.45, 2.75) is 89.1 Å². The van der Waals surface area contributed by atoms with Crippen LogP contribution in [0.25, 0.3) is 0 Å². The molecule has 1 atom stereocenters. The Morgan fingerprint density at radius 1 is 0.885 bits per heavy atom. The van der Waals surface area contributed by atoms with E-state index in [9.17, 15) is 19.5 Å². The molecule has 0 saturated heterocycles. The van der Waals surface area contributed by atoms with E-state index in [2.05, 4.69) is 20.8 Å². The third-order valence-corrected chi connectivity index (χ3v) is 10.8. The largest absolute Gasteiger partial charge is 0.481 e. The molecule has 0 aromatic heterocycles. The lowest BCUT2D eigenvalue weighted by Gasteiger charge is -2.31. The van der Waals surface area contributed by atoms with Crippen LogP contribution in [0, 0.1) is 0 Å². The molecule has 152 valence electrons. The number of carbonyl (C=O) groups is 3. The second-order valence-corrected chi connectivity index (χ2v) is 12.2. The molecule has 1 unspecified atom stereocenters. The third-order valence-electron chi connectivity index (χ3n) is 4.73. The number of hydrogen-bond donors (Lipinski definition) is 3. The first-order valence-electron chi connectivity index (χ1n) is 9.48. The number of rotatable bonds is 15. The quantitative estimate of drug-likeness (QED) is 0.223. The van der Waals surface area contributed by atoms with Crippen LogP contribution in [-0.2, 0) is 19.1 Å². The second-order valence-electron chi connectivity index (χ2n) is 7.16. The molecule has 0 aliphatic rings. The second kappa shape index (κ2) is 12.1. The van der Waals surface area contributed by atoms with Gasteiger partial charge in [0.05, 0.1) is 27.5 Å². The van der Waals surface area contributed by atoms with Gasteiger partial charge in [-0.05, 0) is 6.42 Å². The third kappa shape index (κ3) is 8.80. The van der Waals surface area contributed by atoms with E-state index in [0.29, 0.717) is 0 Å². The van der Waals surface area contributed by atoms with Gasteiger partial charge in [-0.1, -0.05) is 64.2 Å². The standard InChI is InChI=1S/C18H34O7Si/c1-4-9-26(10-5-2,11-6-3)12-7-8-25-16(21)14-18(24,17(22)23)13-15(19)20/h24H,4-14H2,1-3H3,(H,19,20)(H,22,23). The molecule has 0 heterocycles. The van der Waals surface area contributed by atoms with Gasteiger partial charge in [-0.3, -0.25) is 9.59 Å². The van der Waals surface area contributed by atoms with E-state index in [0.717, 1.165) is 31.7 Å². The van der Waals surface area contributed by atoms with Crippen molar-refractivity contribution in [1.29, 1.82) is 0 Å². The lowest BCUT2D eigenvalue weighted by Crippen LogP contribution is -2.43. The molecule has 0 bridgehead atoms. The summed E-state index contributed by atoms with van der Waals surface area (Å²) in [5.41, 5.74) is -2.63. The number of aliphatic hydroxyl groups is 1. The van der Waals surface area contributed by atoms with E-state index in [4.69, 9.17) is 14.9 Å². The number of ether oxygens (including phenoxy) is 1. The number of hydrogen-bond acceptors (Lipinski definition) is 5. The van der Waals surface area contributed by atoms with Crippen LogP contribution in [0.4, 0.5) is 0 Å². The van der Waals surface area contributed by atoms with Crippen molar-refractivity contribution in [3.8, 4) is 0 Å². The molecular formula is C18H34O7Si. The van der Waals surface area contributed by atoms with Crippen LogP contribution >= 0.6 is 0 Å². The molecule has 0 aromatic carbocycles. The summed E-state index contributed by atoms with van der Waals surface area (Å²) in [5.74, 6) is -4.11. The average molecular weight is 391 g/mol. The van der Waals surface area contributed by atoms with Gasteiger partial charge in [0.25, 0.3) is 0 Å². The van der Waals surface area contributed by atoms with E-state index >= 15 is 0 Å². The number of carboxylic acid groups (broad SMARTS) is 2. The van der Waals surface area contributed by atoms with Crippen LogP contribution in [0.3, 0.4) is 0 Å². The van der Waals surface area contributed by atoms with Crippen LogP contribution in [0.1, 0.15) is 59.3 Å². The Labute approximate surface area is 156 Å². The highest BCUT2D eigenvalue weighted by molar-refractivity contribution is 6.79. The monoisotopic (exact) mass is 390 g/mol. The predicted octanol–water partition coefficient (Wildman–Crippen LogP) is 3.28. The summed E-state index contributed by atoms with van der Waals surface area (Å²) in [6.07, 6.45) is 2.29. The minimum Gasteiger partial charge on any atom is -0.481 e.